The summed E-state index contributed by atoms with van der Waals surface area (Å²) in [5.74, 6) is 0.689. The molecule has 3 nitrogen and oxygen atoms in total. The summed E-state index contributed by atoms with van der Waals surface area (Å²) in [6, 6.07) is 8.59. The van der Waals surface area contributed by atoms with Crippen LogP contribution in [0.15, 0.2) is 24.3 Å². The largest absolute Gasteiger partial charge is 0.368 e. The summed E-state index contributed by atoms with van der Waals surface area (Å²) >= 11 is 0. The number of benzene rings is 1. The van der Waals surface area contributed by atoms with Crippen molar-refractivity contribution in [2.75, 3.05) is 19.6 Å². The van der Waals surface area contributed by atoms with Gasteiger partial charge in [0, 0.05) is 6.54 Å². The van der Waals surface area contributed by atoms with Crippen LogP contribution in [-0.2, 0) is 11.2 Å². The molecule has 3 rings (SSSR count). The molecule has 2 aliphatic rings. The van der Waals surface area contributed by atoms with E-state index in [1.807, 2.05) is 0 Å². The van der Waals surface area contributed by atoms with Crippen molar-refractivity contribution >= 4 is 0 Å². The summed E-state index contributed by atoms with van der Waals surface area (Å²) in [6.45, 7) is 2.83. The second-order valence-electron chi connectivity index (χ2n) is 5.39. The topological polar surface area (TPSA) is 47.3 Å². The monoisotopic (exact) mass is 246 g/mol. The number of rotatable bonds is 2. The number of ether oxygens (including phenoxy) is 1. The summed E-state index contributed by atoms with van der Waals surface area (Å²) < 4.78 is 6.25. The van der Waals surface area contributed by atoms with Crippen LogP contribution in [0.2, 0.25) is 0 Å². The first-order valence-electron chi connectivity index (χ1n) is 7.02. The second-order valence-corrected chi connectivity index (χ2v) is 5.39. The van der Waals surface area contributed by atoms with E-state index in [0.29, 0.717) is 18.6 Å². The van der Waals surface area contributed by atoms with Gasteiger partial charge < -0.3 is 15.8 Å². The van der Waals surface area contributed by atoms with E-state index < -0.39 is 0 Å². The van der Waals surface area contributed by atoms with Gasteiger partial charge >= 0.3 is 0 Å². The Bertz CT molecular complexity index is 401. The first-order valence-corrected chi connectivity index (χ1v) is 7.02. The Labute approximate surface area is 109 Å². The van der Waals surface area contributed by atoms with E-state index in [-0.39, 0.29) is 6.10 Å². The highest BCUT2D eigenvalue weighted by Gasteiger charge is 2.32. The smallest absolute Gasteiger partial charge is 0.0953 e. The van der Waals surface area contributed by atoms with E-state index in [2.05, 4.69) is 29.6 Å². The van der Waals surface area contributed by atoms with E-state index in [9.17, 15) is 0 Å². The van der Waals surface area contributed by atoms with Crippen molar-refractivity contribution < 1.29 is 4.74 Å². The average molecular weight is 246 g/mol. The molecule has 1 saturated heterocycles. The molecule has 2 atom stereocenters. The van der Waals surface area contributed by atoms with Crippen molar-refractivity contribution in [3.63, 3.8) is 0 Å². The summed E-state index contributed by atoms with van der Waals surface area (Å²) in [6.07, 6.45) is 3.95. The Hall–Kier alpha value is -0.900. The minimum Gasteiger partial charge on any atom is -0.368 e. The number of piperidine rings is 1. The van der Waals surface area contributed by atoms with Crippen LogP contribution in [0.25, 0.3) is 0 Å². The molecule has 1 fully saturated rings. The Morgan fingerprint density at radius 1 is 1.22 bits per heavy atom. The second kappa shape index (κ2) is 5.39. The molecule has 3 heteroatoms. The van der Waals surface area contributed by atoms with Gasteiger partial charge in [0.05, 0.1) is 12.2 Å². The van der Waals surface area contributed by atoms with Crippen LogP contribution in [0.1, 0.15) is 30.1 Å². The highest BCUT2D eigenvalue weighted by atomic mass is 16.5. The Morgan fingerprint density at radius 2 is 2.00 bits per heavy atom. The molecule has 18 heavy (non-hydrogen) atoms. The predicted molar refractivity (Wildman–Crippen MR) is 72.4 cm³/mol. The molecule has 0 amide bonds. The molecule has 2 aliphatic heterocycles. The summed E-state index contributed by atoms with van der Waals surface area (Å²) in [5.41, 5.74) is 8.60. The molecular weight excluding hydrogens is 224 g/mol. The number of nitrogens with one attached hydrogen (secondary N) is 1. The van der Waals surface area contributed by atoms with Crippen LogP contribution in [-0.4, -0.2) is 25.7 Å². The van der Waals surface area contributed by atoms with Gasteiger partial charge in [0.2, 0.25) is 0 Å². The van der Waals surface area contributed by atoms with Gasteiger partial charge in [0.1, 0.15) is 0 Å². The number of fused-ring (bicyclic) bond motifs is 1. The lowest BCUT2D eigenvalue weighted by Crippen LogP contribution is -2.40. The van der Waals surface area contributed by atoms with Crippen LogP contribution >= 0.6 is 0 Å². The minimum absolute atomic E-state index is 0.0924. The Morgan fingerprint density at radius 3 is 2.78 bits per heavy atom. The van der Waals surface area contributed by atoms with E-state index >= 15 is 0 Å². The molecule has 0 saturated carbocycles. The van der Waals surface area contributed by atoms with Crippen LogP contribution in [0, 0.1) is 5.92 Å². The van der Waals surface area contributed by atoms with E-state index in [1.165, 1.54) is 24.0 Å². The van der Waals surface area contributed by atoms with Gasteiger partial charge in [-0.15, -0.1) is 0 Å². The Kier molecular flexibility index (Phi) is 3.64. The fourth-order valence-electron chi connectivity index (χ4n) is 3.26. The molecule has 0 spiro atoms. The van der Waals surface area contributed by atoms with Gasteiger partial charge in [-0.3, -0.25) is 0 Å². The predicted octanol–water partition coefficient (Wildman–Crippen LogP) is 1.63. The SMILES string of the molecule is NC[C@@H]1O[C@H](C2CCNCC2)Cc2ccccc21. The van der Waals surface area contributed by atoms with Gasteiger partial charge in [0.25, 0.3) is 0 Å². The zero-order chi connectivity index (χ0) is 12.4. The first-order chi connectivity index (χ1) is 8.88. The zero-order valence-electron chi connectivity index (χ0n) is 10.8. The molecule has 1 aromatic carbocycles. The van der Waals surface area contributed by atoms with E-state index in [4.69, 9.17) is 10.5 Å². The maximum absolute atomic E-state index is 6.25. The lowest BCUT2D eigenvalue weighted by molar-refractivity contribution is -0.0575. The van der Waals surface area contributed by atoms with Crippen molar-refractivity contribution in [3.05, 3.63) is 35.4 Å². The fraction of sp³-hybridized carbons (Fsp3) is 0.600. The van der Waals surface area contributed by atoms with Crippen LogP contribution in [0.4, 0.5) is 0 Å². The van der Waals surface area contributed by atoms with Crippen LogP contribution in [0.3, 0.4) is 0 Å². The molecule has 0 bridgehead atoms. The van der Waals surface area contributed by atoms with Gasteiger partial charge in [-0.25, -0.2) is 0 Å². The fourth-order valence-corrected chi connectivity index (χ4v) is 3.26. The van der Waals surface area contributed by atoms with Crippen molar-refractivity contribution in [2.24, 2.45) is 11.7 Å². The van der Waals surface area contributed by atoms with Gasteiger partial charge in [0.15, 0.2) is 0 Å². The lowest BCUT2D eigenvalue weighted by atomic mass is 9.84. The van der Waals surface area contributed by atoms with Crippen LogP contribution in [0.5, 0.6) is 0 Å². The van der Waals surface area contributed by atoms with E-state index in [0.717, 1.165) is 19.5 Å². The third-order valence-electron chi connectivity index (χ3n) is 4.29. The van der Waals surface area contributed by atoms with Gasteiger partial charge in [-0.1, -0.05) is 24.3 Å². The quantitative estimate of drug-likeness (QED) is 0.834. The van der Waals surface area contributed by atoms with Crippen molar-refractivity contribution in [2.45, 2.75) is 31.5 Å². The van der Waals surface area contributed by atoms with Crippen molar-refractivity contribution in [1.29, 1.82) is 0 Å². The molecule has 3 N–H and O–H groups in total. The number of hydrogen-bond acceptors (Lipinski definition) is 3. The highest BCUT2D eigenvalue weighted by Crippen LogP contribution is 2.34. The average Bonchev–Trinajstić information content (AvgIpc) is 2.47. The third kappa shape index (κ3) is 2.30. The first kappa shape index (κ1) is 12.2. The summed E-state index contributed by atoms with van der Waals surface area (Å²) in [5, 5.41) is 3.42. The molecule has 1 aromatic rings. The molecule has 0 aromatic heterocycles. The maximum atomic E-state index is 6.25. The molecule has 98 valence electrons. The van der Waals surface area contributed by atoms with Crippen LogP contribution < -0.4 is 11.1 Å². The molecule has 0 radical (unpaired) electrons. The minimum atomic E-state index is 0.0924. The highest BCUT2D eigenvalue weighted by molar-refractivity contribution is 5.32. The van der Waals surface area contributed by atoms with Gasteiger partial charge in [-0.05, 0) is 49.4 Å². The zero-order valence-corrected chi connectivity index (χ0v) is 10.8. The van der Waals surface area contributed by atoms with Gasteiger partial charge in [-0.2, -0.15) is 0 Å². The molecule has 0 unspecified atom stereocenters. The molecule has 0 aliphatic carbocycles. The maximum Gasteiger partial charge on any atom is 0.0953 e. The standard InChI is InChI=1S/C15H22N2O/c16-10-15-13-4-2-1-3-12(13)9-14(18-15)11-5-7-17-8-6-11/h1-4,11,14-15,17H,5-10,16H2/t14-,15-/m0/s1. The number of nitrogens with two attached hydrogens (primary N) is 1. The van der Waals surface area contributed by atoms with E-state index in [1.54, 1.807) is 0 Å². The normalized spacial score (nSPS) is 28.9. The van der Waals surface area contributed by atoms with Crippen molar-refractivity contribution in [1.82, 2.24) is 5.32 Å². The number of hydrogen-bond donors (Lipinski definition) is 2. The molecular formula is C15H22N2O. The molecule has 2 heterocycles. The summed E-state index contributed by atoms with van der Waals surface area (Å²) in [7, 11) is 0. The summed E-state index contributed by atoms with van der Waals surface area (Å²) in [4.78, 5) is 0. The lowest BCUT2D eigenvalue weighted by Gasteiger charge is -2.37. The Balaban J connectivity index is 1.80. The third-order valence-corrected chi connectivity index (χ3v) is 4.29. The van der Waals surface area contributed by atoms with Crippen molar-refractivity contribution in [3.8, 4) is 0 Å².